The molecule has 1 saturated heterocycles. The van der Waals surface area contributed by atoms with E-state index in [0.717, 1.165) is 64.9 Å². The van der Waals surface area contributed by atoms with Gasteiger partial charge in [-0.05, 0) is 97.6 Å². The lowest BCUT2D eigenvalue weighted by Crippen LogP contribution is -2.33. The molecule has 0 unspecified atom stereocenters. The number of hydrogen-bond acceptors (Lipinski definition) is 5. The second kappa shape index (κ2) is 11.0. The summed E-state index contributed by atoms with van der Waals surface area (Å²) in [7, 11) is 0. The van der Waals surface area contributed by atoms with Crippen LogP contribution >= 0.6 is 0 Å². The number of likely N-dealkylation sites (tertiary alicyclic amines) is 1. The second-order valence-corrected chi connectivity index (χ2v) is 11.4. The summed E-state index contributed by atoms with van der Waals surface area (Å²) in [6.45, 7) is 4.45. The van der Waals surface area contributed by atoms with Gasteiger partial charge in [-0.15, -0.1) is 0 Å². The molecule has 3 heterocycles. The Labute approximate surface area is 245 Å². The largest absolute Gasteiger partial charge is 0.508 e. The van der Waals surface area contributed by atoms with Crippen molar-refractivity contribution in [1.29, 1.82) is 0 Å². The van der Waals surface area contributed by atoms with E-state index in [9.17, 15) is 15.0 Å². The van der Waals surface area contributed by atoms with Crippen LogP contribution in [0.2, 0.25) is 0 Å². The highest BCUT2D eigenvalue weighted by Gasteiger charge is 2.29. The Bertz CT molecular complexity index is 1780. The molecule has 1 aromatic heterocycles. The Balaban J connectivity index is 1.28. The maximum absolute atomic E-state index is 14.4. The Kier molecular flexibility index (Phi) is 6.92. The highest BCUT2D eigenvalue weighted by Crippen LogP contribution is 2.42. The van der Waals surface area contributed by atoms with Crippen LogP contribution in [0, 0.1) is 0 Å². The van der Waals surface area contributed by atoms with Gasteiger partial charge in [-0.2, -0.15) is 0 Å². The molecule has 42 heavy (non-hydrogen) atoms. The van der Waals surface area contributed by atoms with Crippen LogP contribution in [0.25, 0.3) is 33.3 Å². The third-order valence-corrected chi connectivity index (χ3v) is 8.66. The van der Waals surface area contributed by atoms with Gasteiger partial charge < -0.3 is 19.5 Å². The maximum atomic E-state index is 14.4. The molecule has 0 atom stereocenters. The van der Waals surface area contributed by atoms with E-state index in [1.54, 1.807) is 18.2 Å². The monoisotopic (exact) mass is 558 g/mol. The zero-order valence-corrected chi connectivity index (χ0v) is 23.6. The number of nitrogens with zero attached hydrogens (tertiary/aromatic N) is 2. The van der Waals surface area contributed by atoms with Gasteiger partial charge in [0.1, 0.15) is 23.9 Å². The predicted molar refractivity (Wildman–Crippen MR) is 166 cm³/mol. The molecule has 0 amide bonds. The van der Waals surface area contributed by atoms with Crippen molar-refractivity contribution >= 4 is 16.7 Å². The van der Waals surface area contributed by atoms with Gasteiger partial charge in [-0.25, -0.2) is 0 Å². The van der Waals surface area contributed by atoms with Gasteiger partial charge in [-0.3, -0.25) is 9.69 Å². The number of rotatable bonds is 7. The summed E-state index contributed by atoms with van der Waals surface area (Å²) in [5.74, 6) is 1.12. The number of phenols is 2. The van der Waals surface area contributed by atoms with Crippen molar-refractivity contribution in [3.05, 3.63) is 102 Å². The topological polar surface area (TPSA) is 74.9 Å². The Morgan fingerprint density at radius 1 is 0.786 bits per heavy atom. The fraction of sp³-hybridized carbons (Fsp3) is 0.250. The van der Waals surface area contributed by atoms with Crippen molar-refractivity contribution in [2.24, 2.45) is 0 Å². The Hall–Kier alpha value is -4.55. The number of phenolic OH excluding ortho intramolecular Hbond substituents is 2. The highest BCUT2D eigenvalue weighted by molar-refractivity contribution is 6.21. The Morgan fingerprint density at radius 2 is 1.57 bits per heavy atom. The van der Waals surface area contributed by atoms with Crippen LogP contribution < -0.4 is 4.74 Å². The van der Waals surface area contributed by atoms with Crippen LogP contribution in [-0.2, 0) is 13.0 Å². The van der Waals surface area contributed by atoms with Crippen LogP contribution in [0.3, 0.4) is 0 Å². The first kappa shape index (κ1) is 26.4. The van der Waals surface area contributed by atoms with E-state index >= 15 is 0 Å². The Morgan fingerprint density at radius 3 is 2.40 bits per heavy atom. The SMILES string of the molecule is O=C(c1cccc(OCCN2CCCCC2)c1)c1c2n(c3cc(-c4ccc(O)cc4)ccc13)CCc1cc(O)ccc1-2. The first-order valence-corrected chi connectivity index (χ1v) is 14.8. The fourth-order valence-electron chi connectivity index (χ4n) is 6.52. The number of ketones is 1. The van der Waals surface area contributed by atoms with Gasteiger partial charge in [0.15, 0.2) is 5.78 Å². The minimum absolute atomic E-state index is 0.0476. The number of aromatic nitrogens is 1. The smallest absolute Gasteiger partial charge is 0.195 e. The van der Waals surface area contributed by atoms with E-state index in [1.807, 2.05) is 60.7 Å². The first-order valence-electron chi connectivity index (χ1n) is 14.8. The van der Waals surface area contributed by atoms with Gasteiger partial charge in [0.05, 0.1) is 11.3 Å². The number of aromatic hydroxyl groups is 2. The highest BCUT2D eigenvalue weighted by atomic mass is 16.5. The summed E-state index contributed by atoms with van der Waals surface area (Å²) in [6.07, 6.45) is 4.57. The standard InChI is InChI=1S/C36H34N2O4/c39-28-10-7-24(8-11-28)25-9-13-32-33(23-25)38-18-15-26-21-29(40)12-14-31(26)35(38)34(32)36(41)27-5-4-6-30(22-27)42-20-19-37-16-2-1-3-17-37/h4-14,21-23,39-40H,1-3,15-20H2. The lowest BCUT2D eigenvalue weighted by Gasteiger charge is -2.26. The number of carbonyl (C=O) groups is 1. The fourth-order valence-corrected chi connectivity index (χ4v) is 6.52. The van der Waals surface area contributed by atoms with E-state index in [2.05, 4.69) is 15.5 Å². The average Bonchev–Trinajstić information content (AvgIpc) is 3.35. The molecule has 0 bridgehead atoms. The van der Waals surface area contributed by atoms with E-state index in [-0.39, 0.29) is 17.3 Å². The van der Waals surface area contributed by atoms with Crippen LogP contribution in [-0.4, -0.2) is 51.7 Å². The number of fused-ring (bicyclic) bond motifs is 5. The molecule has 212 valence electrons. The van der Waals surface area contributed by atoms with Crippen LogP contribution in [0.1, 0.15) is 40.7 Å². The van der Waals surface area contributed by atoms with Gasteiger partial charge in [0, 0.05) is 35.1 Å². The zero-order chi connectivity index (χ0) is 28.6. The molecule has 0 radical (unpaired) electrons. The zero-order valence-electron chi connectivity index (χ0n) is 23.6. The molecular formula is C36H34N2O4. The molecule has 2 aliphatic heterocycles. The third-order valence-electron chi connectivity index (χ3n) is 8.66. The van der Waals surface area contributed by atoms with Crippen molar-refractivity contribution in [2.75, 3.05) is 26.2 Å². The molecule has 2 aliphatic rings. The van der Waals surface area contributed by atoms with Gasteiger partial charge in [0.2, 0.25) is 0 Å². The molecule has 2 N–H and O–H groups in total. The number of carbonyl (C=O) groups excluding carboxylic acids is 1. The van der Waals surface area contributed by atoms with Crippen LogP contribution in [0.5, 0.6) is 17.2 Å². The number of benzene rings is 4. The summed E-state index contributed by atoms with van der Waals surface area (Å²) in [5.41, 5.74) is 7.15. The van der Waals surface area contributed by atoms with Crippen molar-refractivity contribution in [3.63, 3.8) is 0 Å². The third kappa shape index (κ3) is 4.92. The summed E-state index contributed by atoms with van der Waals surface area (Å²) < 4.78 is 8.36. The molecule has 0 saturated carbocycles. The first-order chi connectivity index (χ1) is 20.5. The van der Waals surface area contributed by atoms with Gasteiger partial charge in [0.25, 0.3) is 0 Å². The van der Waals surface area contributed by atoms with Gasteiger partial charge in [-0.1, -0.05) is 42.8 Å². The van der Waals surface area contributed by atoms with Crippen molar-refractivity contribution in [1.82, 2.24) is 9.47 Å². The normalized spacial score (nSPS) is 14.9. The molecule has 6 heteroatoms. The van der Waals surface area contributed by atoms with Gasteiger partial charge >= 0.3 is 0 Å². The molecular weight excluding hydrogens is 524 g/mol. The molecule has 7 rings (SSSR count). The number of ether oxygens (including phenoxy) is 1. The average molecular weight is 559 g/mol. The summed E-state index contributed by atoms with van der Waals surface area (Å²) >= 11 is 0. The molecule has 0 aliphatic carbocycles. The summed E-state index contributed by atoms with van der Waals surface area (Å²) in [5, 5.41) is 20.9. The number of aryl methyl sites for hydroxylation is 2. The van der Waals surface area contributed by atoms with Crippen LogP contribution in [0.4, 0.5) is 0 Å². The molecule has 4 aromatic carbocycles. The summed E-state index contributed by atoms with van der Waals surface area (Å²) in [4.78, 5) is 16.8. The lowest BCUT2D eigenvalue weighted by molar-refractivity contribution is 0.104. The van der Waals surface area contributed by atoms with E-state index in [0.29, 0.717) is 30.0 Å². The van der Waals surface area contributed by atoms with Crippen molar-refractivity contribution < 1.29 is 19.7 Å². The minimum Gasteiger partial charge on any atom is -0.508 e. The molecule has 5 aromatic rings. The molecule has 0 spiro atoms. The molecule has 6 nitrogen and oxygen atoms in total. The van der Waals surface area contributed by atoms with E-state index in [4.69, 9.17) is 4.74 Å². The van der Waals surface area contributed by atoms with Crippen LogP contribution in [0.15, 0.2) is 84.9 Å². The van der Waals surface area contributed by atoms with Crippen molar-refractivity contribution in [2.45, 2.75) is 32.2 Å². The summed E-state index contributed by atoms with van der Waals surface area (Å²) in [6, 6.07) is 26.3. The number of hydrogen-bond donors (Lipinski definition) is 2. The quantitative estimate of drug-likeness (QED) is 0.210. The minimum atomic E-state index is -0.0476. The lowest BCUT2D eigenvalue weighted by atomic mass is 9.92. The maximum Gasteiger partial charge on any atom is 0.195 e. The van der Waals surface area contributed by atoms with E-state index in [1.165, 1.54) is 19.3 Å². The van der Waals surface area contributed by atoms with E-state index < -0.39 is 0 Å². The predicted octanol–water partition coefficient (Wildman–Crippen LogP) is 7.04. The number of piperidine rings is 1. The second-order valence-electron chi connectivity index (χ2n) is 11.4. The van der Waals surface area contributed by atoms with Crippen molar-refractivity contribution in [3.8, 4) is 39.6 Å². The molecule has 1 fully saturated rings.